The van der Waals surface area contributed by atoms with Crippen LogP contribution in [0.5, 0.6) is 5.75 Å². The van der Waals surface area contributed by atoms with Gasteiger partial charge in [-0.3, -0.25) is 10.2 Å². The third-order valence-electron chi connectivity index (χ3n) is 3.45. The Morgan fingerprint density at radius 2 is 1.73 bits per heavy atom. The highest BCUT2D eigenvalue weighted by atomic mass is 16.5. The van der Waals surface area contributed by atoms with Crippen LogP contribution < -0.4 is 15.8 Å². The molecule has 0 radical (unpaired) electrons. The van der Waals surface area contributed by atoms with Crippen LogP contribution >= 0.6 is 0 Å². The van der Waals surface area contributed by atoms with E-state index in [1.807, 2.05) is 12.1 Å². The van der Waals surface area contributed by atoms with Gasteiger partial charge in [-0.25, -0.2) is 4.79 Å². The number of carbonyl (C=O) groups excluding carboxylic acids is 2. The molecule has 7 nitrogen and oxygen atoms in total. The van der Waals surface area contributed by atoms with Gasteiger partial charge in [0.15, 0.2) is 5.96 Å². The molecule has 0 atom stereocenters. The summed E-state index contributed by atoms with van der Waals surface area (Å²) in [6.45, 7) is 2.04. The van der Waals surface area contributed by atoms with Gasteiger partial charge in [0.05, 0.1) is 12.2 Å². The number of esters is 2. The van der Waals surface area contributed by atoms with Gasteiger partial charge >= 0.3 is 11.9 Å². The van der Waals surface area contributed by atoms with Gasteiger partial charge < -0.3 is 20.5 Å². The molecule has 0 fully saturated rings. The minimum Gasteiger partial charge on any atom is -0.462 e. The highest BCUT2D eigenvalue weighted by Gasteiger charge is 2.09. The lowest BCUT2D eigenvalue weighted by atomic mass is 10.1. The number of ether oxygens (including phenoxy) is 2. The summed E-state index contributed by atoms with van der Waals surface area (Å²) >= 11 is 0. The van der Waals surface area contributed by atoms with Crippen LogP contribution in [0.3, 0.4) is 0 Å². The van der Waals surface area contributed by atoms with Crippen molar-refractivity contribution in [3.05, 3.63) is 59.7 Å². The molecule has 2 rings (SSSR count). The fraction of sp³-hybridized carbons (Fsp3) is 0.211. The maximum Gasteiger partial charge on any atom is 0.338 e. The zero-order valence-electron chi connectivity index (χ0n) is 14.5. The zero-order valence-corrected chi connectivity index (χ0v) is 14.5. The van der Waals surface area contributed by atoms with Gasteiger partial charge in [0.1, 0.15) is 5.75 Å². The van der Waals surface area contributed by atoms with Gasteiger partial charge in [0.2, 0.25) is 0 Å². The van der Waals surface area contributed by atoms with E-state index in [2.05, 4.69) is 5.32 Å². The molecule has 2 aromatic carbocycles. The van der Waals surface area contributed by atoms with Gasteiger partial charge in [-0.1, -0.05) is 12.1 Å². The third-order valence-corrected chi connectivity index (χ3v) is 3.45. The summed E-state index contributed by atoms with van der Waals surface area (Å²) in [6.07, 6.45) is 0.749. The molecule has 0 amide bonds. The first kappa shape index (κ1) is 19.0. The van der Waals surface area contributed by atoms with Crippen molar-refractivity contribution < 1.29 is 19.1 Å². The summed E-state index contributed by atoms with van der Waals surface area (Å²) in [7, 11) is 0. The summed E-state index contributed by atoms with van der Waals surface area (Å²) in [5, 5.41) is 9.85. The average Bonchev–Trinajstić information content (AvgIpc) is 2.61. The number of nitrogens with one attached hydrogen (secondary N) is 2. The van der Waals surface area contributed by atoms with Crippen LogP contribution in [0.2, 0.25) is 0 Å². The van der Waals surface area contributed by atoms with E-state index in [1.165, 1.54) is 0 Å². The largest absolute Gasteiger partial charge is 0.462 e. The number of hydrogen-bond acceptors (Lipinski definition) is 5. The Morgan fingerprint density at radius 3 is 2.31 bits per heavy atom. The van der Waals surface area contributed by atoms with E-state index in [4.69, 9.17) is 20.6 Å². The minimum atomic E-state index is -0.409. The molecule has 26 heavy (non-hydrogen) atoms. The predicted molar refractivity (Wildman–Crippen MR) is 98.3 cm³/mol. The number of anilines is 1. The molecule has 0 heterocycles. The zero-order chi connectivity index (χ0) is 18.9. The molecule has 7 heteroatoms. The lowest BCUT2D eigenvalue weighted by Crippen LogP contribution is -2.20. The fourth-order valence-electron chi connectivity index (χ4n) is 2.21. The normalized spacial score (nSPS) is 10.0. The smallest absolute Gasteiger partial charge is 0.338 e. The second-order valence-electron chi connectivity index (χ2n) is 5.45. The predicted octanol–water partition coefficient (Wildman–Crippen LogP) is 2.71. The van der Waals surface area contributed by atoms with Crippen LogP contribution in [0.4, 0.5) is 5.69 Å². The first-order valence-corrected chi connectivity index (χ1v) is 8.15. The van der Waals surface area contributed by atoms with E-state index in [1.54, 1.807) is 43.3 Å². The van der Waals surface area contributed by atoms with Crippen molar-refractivity contribution in [2.45, 2.75) is 19.8 Å². The summed E-state index contributed by atoms with van der Waals surface area (Å²) in [5.41, 5.74) is 7.35. The molecular formula is C19H21N3O4. The Kier molecular flexibility index (Phi) is 6.73. The van der Waals surface area contributed by atoms with Crippen LogP contribution in [-0.4, -0.2) is 24.5 Å². The van der Waals surface area contributed by atoms with Crippen molar-refractivity contribution in [2.24, 2.45) is 5.73 Å². The van der Waals surface area contributed by atoms with Crippen molar-refractivity contribution in [1.29, 1.82) is 5.41 Å². The molecular weight excluding hydrogens is 334 g/mol. The summed E-state index contributed by atoms with van der Waals surface area (Å²) in [4.78, 5) is 23.5. The van der Waals surface area contributed by atoms with E-state index < -0.39 is 5.97 Å². The lowest BCUT2D eigenvalue weighted by Gasteiger charge is -2.07. The summed E-state index contributed by atoms with van der Waals surface area (Å²) in [5.74, 6) is -0.521. The summed E-state index contributed by atoms with van der Waals surface area (Å²) < 4.78 is 10.2. The van der Waals surface area contributed by atoms with E-state index in [9.17, 15) is 9.59 Å². The Labute approximate surface area is 151 Å². The van der Waals surface area contributed by atoms with Gasteiger partial charge in [-0.05, 0) is 55.3 Å². The van der Waals surface area contributed by atoms with Crippen LogP contribution in [0.25, 0.3) is 0 Å². The highest BCUT2D eigenvalue weighted by molar-refractivity contribution is 5.90. The maximum absolute atomic E-state index is 11.9. The van der Waals surface area contributed by atoms with Crippen molar-refractivity contribution in [2.75, 3.05) is 11.9 Å². The van der Waals surface area contributed by atoms with Crippen LogP contribution in [-0.2, 0) is 16.0 Å². The average molecular weight is 355 g/mol. The van der Waals surface area contributed by atoms with E-state index in [0.29, 0.717) is 30.0 Å². The number of guanidine groups is 1. The van der Waals surface area contributed by atoms with Crippen LogP contribution in [0, 0.1) is 5.41 Å². The Morgan fingerprint density at radius 1 is 1.08 bits per heavy atom. The second kappa shape index (κ2) is 9.22. The number of carbonyl (C=O) groups is 2. The van der Waals surface area contributed by atoms with Crippen LogP contribution in [0.15, 0.2) is 48.5 Å². The minimum absolute atomic E-state index is 0.129. The first-order valence-electron chi connectivity index (χ1n) is 8.15. The van der Waals surface area contributed by atoms with Gasteiger partial charge in [0.25, 0.3) is 0 Å². The molecule has 2 aromatic rings. The van der Waals surface area contributed by atoms with Gasteiger partial charge in [-0.15, -0.1) is 0 Å². The number of nitrogens with two attached hydrogens (primary N) is 1. The summed E-state index contributed by atoms with van der Waals surface area (Å²) in [6, 6.07) is 13.5. The molecule has 0 aromatic heterocycles. The fourth-order valence-corrected chi connectivity index (χ4v) is 2.21. The topological polar surface area (TPSA) is 114 Å². The molecule has 0 aliphatic carbocycles. The number of hydrogen-bond donors (Lipinski definition) is 3. The number of benzene rings is 2. The van der Waals surface area contributed by atoms with Crippen molar-refractivity contribution in [3.8, 4) is 5.75 Å². The van der Waals surface area contributed by atoms with E-state index in [0.717, 1.165) is 5.56 Å². The quantitative estimate of drug-likeness (QED) is 0.304. The molecule has 4 N–H and O–H groups in total. The molecule has 0 saturated carbocycles. The van der Waals surface area contributed by atoms with Gasteiger partial charge in [0, 0.05) is 12.1 Å². The Balaban J connectivity index is 1.83. The maximum atomic E-state index is 11.9. The SMILES string of the molecule is CCOC(=O)c1ccc(OC(=O)CCc2ccc(NC(=N)N)cc2)cc1. The van der Waals surface area contributed by atoms with Crippen molar-refractivity contribution in [1.82, 2.24) is 0 Å². The molecule has 0 bridgehead atoms. The number of rotatable bonds is 7. The third kappa shape index (κ3) is 5.94. The molecule has 136 valence electrons. The van der Waals surface area contributed by atoms with E-state index >= 15 is 0 Å². The Bertz CT molecular complexity index is 770. The van der Waals surface area contributed by atoms with Gasteiger partial charge in [-0.2, -0.15) is 0 Å². The standard InChI is InChI=1S/C19H21N3O4/c1-2-25-18(24)14-6-10-16(11-7-14)26-17(23)12-5-13-3-8-15(9-4-13)22-19(20)21/h3-4,6-11H,2,5,12H2,1H3,(H4,20,21,22). The molecule has 0 saturated heterocycles. The van der Waals surface area contributed by atoms with Crippen molar-refractivity contribution in [3.63, 3.8) is 0 Å². The number of aryl methyl sites for hydroxylation is 1. The first-order chi connectivity index (χ1) is 12.5. The molecule has 0 spiro atoms. The monoisotopic (exact) mass is 355 g/mol. The van der Waals surface area contributed by atoms with Crippen LogP contribution in [0.1, 0.15) is 29.3 Å². The van der Waals surface area contributed by atoms with E-state index in [-0.39, 0.29) is 18.3 Å². The molecule has 0 aliphatic heterocycles. The molecule has 0 unspecified atom stereocenters. The highest BCUT2D eigenvalue weighted by Crippen LogP contribution is 2.15. The molecule has 0 aliphatic rings. The van der Waals surface area contributed by atoms with Crippen molar-refractivity contribution >= 4 is 23.6 Å². The Hall–Kier alpha value is -3.35. The second-order valence-corrected chi connectivity index (χ2v) is 5.45. The lowest BCUT2D eigenvalue weighted by molar-refractivity contribution is -0.134.